The molecule has 2 nitrogen and oxygen atoms in total. The first kappa shape index (κ1) is 7.13. The van der Waals surface area contributed by atoms with E-state index in [2.05, 4.69) is 42.4 Å². The lowest BCUT2D eigenvalue weighted by atomic mass is 11.1. The van der Waals surface area contributed by atoms with Crippen LogP contribution in [0.25, 0.3) is 0 Å². The van der Waals surface area contributed by atoms with E-state index in [0.717, 1.165) is 0 Å². The van der Waals surface area contributed by atoms with Crippen LogP contribution in [0.5, 0.6) is 0 Å². The zero-order valence-electron chi connectivity index (χ0n) is 3.34. The quantitative estimate of drug-likeness (QED) is 0.338. The van der Waals surface area contributed by atoms with Gasteiger partial charge in [-0.1, -0.05) is 12.2 Å². The molecule has 40 valence electrons. The molecule has 0 aliphatic carbocycles. The van der Waals surface area contributed by atoms with Gasteiger partial charge in [0.25, 0.3) is 0 Å². The van der Waals surface area contributed by atoms with Crippen molar-refractivity contribution >= 4 is 46.5 Å². The molecule has 0 aliphatic rings. The van der Waals surface area contributed by atoms with E-state index >= 15 is 0 Å². The second-order valence-corrected chi connectivity index (χ2v) is 2.39. The zero-order chi connectivity index (χ0) is 5.86. The summed E-state index contributed by atoms with van der Waals surface area (Å²) in [6, 6.07) is 0. The summed E-state index contributed by atoms with van der Waals surface area (Å²) in [5.74, 6) is 0. The van der Waals surface area contributed by atoms with E-state index in [4.69, 9.17) is 5.73 Å². The first-order valence-electron chi connectivity index (χ1n) is 1.42. The van der Waals surface area contributed by atoms with Crippen LogP contribution in [-0.4, -0.2) is 9.43 Å². The van der Waals surface area contributed by atoms with Crippen LogP contribution < -0.4 is 11.1 Å². The first-order chi connectivity index (χ1) is 3.13. The lowest BCUT2D eigenvalue weighted by Gasteiger charge is -1.94. The Balaban J connectivity index is 3.32. The lowest BCUT2D eigenvalue weighted by Crippen LogP contribution is -2.30. The summed E-state index contributed by atoms with van der Waals surface area (Å²) in [4.78, 5) is 0. The van der Waals surface area contributed by atoms with Gasteiger partial charge in [-0.2, -0.15) is 0 Å². The van der Waals surface area contributed by atoms with Gasteiger partial charge >= 0.3 is 0 Å². The second kappa shape index (κ2) is 3.17. The minimum atomic E-state index is 0.153. The molecule has 0 heterocycles. The summed E-state index contributed by atoms with van der Waals surface area (Å²) in [5, 5.41) is 2.56. The molecule has 5 heteroatoms. The molecule has 0 rings (SSSR count). The van der Waals surface area contributed by atoms with Crippen molar-refractivity contribution in [1.82, 2.24) is 5.32 Å². The Labute approximate surface area is 57.9 Å². The standard InChI is InChI=1S/C2H4N2S3/c3-1(5)4-2(6)7/h(H4,3,4,5,6,7). The summed E-state index contributed by atoms with van der Waals surface area (Å²) < 4.78 is 0.299. The van der Waals surface area contributed by atoms with Crippen molar-refractivity contribution in [3.05, 3.63) is 0 Å². The molecule has 0 radical (unpaired) electrons. The van der Waals surface area contributed by atoms with Gasteiger partial charge in [-0.05, 0) is 12.2 Å². The molecule has 0 saturated carbocycles. The van der Waals surface area contributed by atoms with Gasteiger partial charge in [-0.15, -0.1) is 12.6 Å². The van der Waals surface area contributed by atoms with E-state index < -0.39 is 0 Å². The third kappa shape index (κ3) is 6.13. The zero-order valence-corrected chi connectivity index (χ0v) is 5.87. The van der Waals surface area contributed by atoms with Crippen LogP contribution in [0.2, 0.25) is 0 Å². The third-order valence-corrected chi connectivity index (χ3v) is 0.546. The Morgan fingerprint density at radius 2 is 2.00 bits per heavy atom. The number of hydrogen-bond donors (Lipinski definition) is 3. The van der Waals surface area contributed by atoms with E-state index in [1.807, 2.05) is 0 Å². The van der Waals surface area contributed by atoms with Crippen molar-refractivity contribution in [2.75, 3.05) is 0 Å². The summed E-state index contributed by atoms with van der Waals surface area (Å²) in [7, 11) is 0. The molecule has 7 heavy (non-hydrogen) atoms. The smallest absolute Gasteiger partial charge is 0.169 e. The van der Waals surface area contributed by atoms with E-state index in [1.54, 1.807) is 0 Å². The van der Waals surface area contributed by atoms with E-state index in [1.165, 1.54) is 0 Å². The van der Waals surface area contributed by atoms with Gasteiger partial charge < -0.3 is 11.1 Å². The molecule has 0 saturated heterocycles. The summed E-state index contributed by atoms with van der Waals surface area (Å²) >= 11 is 12.5. The fourth-order valence-electron chi connectivity index (χ4n) is 0.105. The molecule has 0 spiro atoms. The largest absolute Gasteiger partial charge is 0.376 e. The lowest BCUT2D eigenvalue weighted by molar-refractivity contribution is 1.44. The van der Waals surface area contributed by atoms with E-state index in [0.29, 0.717) is 4.32 Å². The van der Waals surface area contributed by atoms with Crippen LogP contribution in [0.15, 0.2) is 0 Å². The Morgan fingerprint density at radius 3 is 2.00 bits per heavy atom. The topological polar surface area (TPSA) is 38.0 Å². The summed E-state index contributed by atoms with van der Waals surface area (Å²) in [5.41, 5.74) is 4.98. The maximum Gasteiger partial charge on any atom is 0.169 e. The van der Waals surface area contributed by atoms with Crippen molar-refractivity contribution in [2.24, 2.45) is 5.73 Å². The Hall–Kier alpha value is 0.130. The number of nitrogens with one attached hydrogen (secondary N) is 1. The fourth-order valence-corrected chi connectivity index (χ4v) is 0.578. The fraction of sp³-hybridized carbons (Fsp3) is 0. The van der Waals surface area contributed by atoms with Crippen molar-refractivity contribution in [2.45, 2.75) is 0 Å². The molecule has 0 aromatic rings. The Kier molecular flexibility index (Phi) is 3.23. The minimum absolute atomic E-state index is 0.153. The highest BCUT2D eigenvalue weighted by molar-refractivity contribution is 8.11. The van der Waals surface area contributed by atoms with Gasteiger partial charge in [0.1, 0.15) is 4.32 Å². The average molecular weight is 152 g/mol. The molecule has 0 aliphatic heterocycles. The number of thiocarbonyl (C=S) groups is 2. The molecular weight excluding hydrogens is 148 g/mol. The van der Waals surface area contributed by atoms with Gasteiger partial charge in [0, 0.05) is 0 Å². The predicted octanol–water partition coefficient (Wildman–Crippen LogP) is 0.0343. The molecule has 0 fully saturated rings. The number of rotatable bonds is 0. The van der Waals surface area contributed by atoms with Gasteiger partial charge in [-0.3, -0.25) is 0 Å². The van der Waals surface area contributed by atoms with Crippen molar-refractivity contribution < 1.29 is 0 Å². The third-order valence-electron chi connectivity index (χ3n) is 0.230. The van der Waals surface area contributed by atoms with Gasteiger partial charge in [0.05, 0.1) is 0 Å². The highest BCUT2D eigenvalue weighted by Crippen LogP contribution is 1.73. The first-order valence-corrected chi connectivity index (χ1v) is 2.68. The predicted molar refractivity (Wildman–Crippen MR) is 41.5 cm³/mol. The molecule has 0 bridgehead atoms. The maximum atomic E-state index is 4.98. The molecule has 0 unspecified atom stereocenters. The second-order valence-electron chi connectivity index (χ2n) is 0.794. The van der Waals surface area contributed by atoms with E-state index in [-0.39, 0.29) is 5.11 Å². The minimum Gasteiger partial charge on any atom is -0.376 e. The molecule has 0 aromatic heterocycles. The van der Waals surface area contributed by atoms with Crippen molar-refractivity contribution in [3.63, 3.8) is 0 Å². The van der Waals surface area contributed by atoms with Gasteiger partial charge in [0.15, 0.2) is 5.11 Å². The van der Waals surface area contributed by atoms with Crippen LogP contribution >= 0.6 is 37.1 Å². The van der Waals surface area contributed by atoms with Crippen molar-refractivity contribution in [1.29, 1.82) is 0 Å². The molecular formula is C2H4N2S3. The van der Waals surface area contributed by atoms with Crippen molar-refractivity contribution in [3.8, 4) is 0 Å². The highest BCUT2D eigenvalue weighted by Gasteiger charge is 1.84. The molecule has 0 aromatic carbocycles. The molecule has 3 N–H and O–H groups in total. The normalized spacial score (nSPS) is 7.57. The SMILES string of the molecule is NC(=S)NC(=S)S. The monoisotopic (exact) mass is 152 g/mol. The summed E-state index contributed by atoms with van der Waals surface area (Å²) in [6.45, 7) is 0. The maximum absolute atomic E-state index is 4.98. The van der Waals surface area contributed by atoms with E-state index in [9.17, 15) is 0 Å². The summed E-state index contributed by atoms with van der Waals surface area (Å²) in [6.07, 6.45) is 0. The number of thiol groups is 1. The Bertz CT molecular complexity index is 87.1. The van der Waals surface area contributed by atoms with Crippen LogP contribution in [0, 0.1) is 0 Å². The van der Waals surface area contributed by atoms with Crippen LogP contribution in [0.1, 0.15) is 0 Å². The Morgan fingerprint density at radius 1 is 1.57 bits per heavy atom. The van der Waals surface area contributed by atoms with Gasteiger partial charge in [0.2, 0.25) is 0 Å². The highest BCUT2D eigenvalue weighted by atomic mass is 32.1. The van der Waals surface area contributed by atoms with Crippen LogP contribution in [0.3, 0.4) is 0 Å². The van der Waals surface area contributed by atoms with Crippen LogP contribution in [0.4, 0.5) is 0 Å². The van der Waals surface area contributed by atoms with Gasteiger partial charge in [-0.25, -0.2) is 0 Å². The number of hydrogen-bond acceptors (Lipinski definition) is 2. The molecule has 0 amide bonds. The molecule has 0 atom stereocenters. The number of nitrogens with two attached hydrogens (primary N) is 1. The average Bonchev–Trinajstić information content (AvgIpc) is 1.27. The van der Waals surface area contributed by atoms with Crippen LogP contribution in [-0.2, 0) is 0 Å².